The Morgan fingerprint density at radius 1 is 1.35 bits per heavy atom. The number of ether oxygens (including phenoxy) is 2. The molecule has 1 aromatic carbocycles. The quantitative estimate of drug-likeness (QED) is 0.528. The van der Waals surface area contributed by atoms with Crippen molar-refractivity contribution in [1.29, 1.82) is 0 Å². The summed E-state index contributed by atoms with van der Waals surface area (Å²) in [5.41, 5.74) is 6.09. The van der Waals surface area contributed by atoms with Crippen LogP contribution in [0.25, 0.3) is 0 Å². The smallest absolute Gasteiger partial charge is 0.356 e. The molecule has 0 saturated carbocycles. The number of carbonyl (C=O) groups is 1. The van der Waals surface area contributed by atoms with E-state index in [9.17, 15) is 4.79 Å². The second kappa shape index (κ2) is 9.88. The molecule has 0 radical (unpaired) electrons. The predicted octanol–water partition coefficient (Wildman–Crippen LogP) is 2.36. The third-order valence-corrected chi connectivity index (χ3v) is 2.54. The van der Waals surface area contributed by atoms with E-state index in [4.69, 9.17) is 10.5 Å². The van der Waals surface area contributed by atoms with E-state index in [1.165, 1.54) is 25.8 Å². The molecule has 0 aliphatic carbocycles. The first-order valence-electron chi connectivity index (χ1n) is 6.95. The van der Waals surface area contributed by atoms with Crippen molar-refractivity contribution in [2.45, 2.75) is 13.8 Å². The van der Waals surface area contributed by atoms with Gasteiger partial charge in [0.25, 0.3) is 0 Å². The molecule has 1 heterocycles. The number of aromatic nitrogens is 2. The molecule has 0 saturated heterocycles. The van der Waals surface area contributed by atoms with Gasteiger partial charge in [0, 0.05) is 12.6 Å². The van der Waals surface area contributed by atoms with E-state index in [1.807, 2.05) is 38.1 Å². The van der Waals surface area contributed by atoms with Crippen molar-refractivity contribution in [2.24, 2.45) is 10.7 Å². The van der Waals surface area contributed by atoms with E-state index < -0.39 is 5.97 Å². The first kappa shape index (κ1) is 18.1. The third-order valence-electron chi connectivity index (χ3n) is 2.54. The number of aliphatic imine (C=N–C) groups is 1. The SMILES string of the molecule is CCN=CN.COC(=O)c1cc(Oc2cccc(C)c2)ncn1. The zero-order valence-electron chi connectivity index (χ0n) is 13.4. The fraction of sp³-hybridized carbons (Fsp3) is 0.250. The van der Waals surface area contributed by atoms with Gasteiger partial charge in [0.2, 0.25) is 5.88 Å². The van der Waals surface area contributed by atoms with Gasteiger partial charge in [-0.1, -0.05) is 12.1 Å². The monoisotopic (exact) mass is 316 g/mol. The number of benzene rings is 1. The summed E-state index contributed by atoms with van der Waals surface area (Å²) in [5.74, 6) is 0.437. The van der Waals surface area contributed by atoms with Gasteiger partial charge < -0.3 is 15.2 Å². The van der Waals surface area contributed by atoms with E-state index in [0.29, 0.717) is 11.6 Å². The molecular formula is C16H20N4O3. The molecule has 1 aromatic heterocycles. The molecule has 0 amide bonds. The highest BCUT2D eigenvalue weighted by atomic mass is 16.5. The zero-order chi connectivity index (χ0) is 17.1. The summed E-state index contributed by atoms with van der Waals surface area (Å²) in [6.45, 7) is 4.69. The number of nitrogens with zero attached hydrogens (tertiary/aromatic N) is 3. The van der Waals surface area contributed by atoms with Gasteiger partial charge in [-0.25, -0.2) is 14.8 Å². The average Bonchev–Trinajstić information content (AvgIpc) is 2.56. The number of hydrogen-bond donors (Lipinski definition) is 1. The Kier molecular flexibility index (Phi) is 7.77. The van der Waals surface area contributed by atoms with Crippen LogP contribution in [0, 0.1) is 6.92 Å². The Hall–Kier alpha value is -2.96. The van der Waals surface area contributed by atoms with Crippen LogP contribution in [0.5, 0.6) is 11.6 Å². The van der Waals surface area contributed by atoms with Gasteiger partial charge in [0.05, 0.1) is 13.4 Å². The largest absolute Gasteiger partial charge is 0.464 e. The van der Waals surface area contributed by atoms with Gasteiger partial charge in [0.15, 0.2) is 5.69 Å². The van der Waals surface area contributed by atoms with Crippen molar-refractivity contribution in [3.8, 4) is 11.6 Å². The molecule has 2 rings (SSSR count). The van der Waals surface area contributed by atoms with Crippen LogP contribution >= 0.6 is 0 Å². The van der Waals surface area contributed by atoms with Gasteiger partial charge in [0.1, 0.15) is 12.1 Å². The highest BCUT2D eigenvalue weighted by molar-refractivity contribution is 5.87. The number of rotatable bonds is 4. The van der Waals surface area contributed by atoms with Crippen LogP contribution in [0.1, 0.15) is 23.0 Å². The van der Waals surface area contributed by atoms with Crippen LogP contribution in [0.2, 0.25) is 0 Å². The van der Waals surface area contributed by atoms with Crippen LogP contribution < -0.4 is 10.5 Å². The molecule has 0 atom stereocenters. The Bertz CT molecular complexity index is 659. The van der Waals surface area contributed by atoms with Gasteiger partial charge in [-0.15, -0.1) is 0 Å². The maximum atomic E-state index is 11.3. The summed E-state index contributed by atoms with van der Waals surface area (Å²) in [7, 11) is 1.30. The van der Waals surface area contributed by atoms with Gasteiger partial charge in [-0.05, 0) is 31.5 Å². The van der Waals surface area contributed by atoms with Crippen molar-refractivity contribution in [3.63, 3.8) is 0 Å². The van der Waals surface area contributed by atoms with Gasteiger partial charge in [-0.2, -0.15) is 0 Å². The first-order chi connectivity index (χ1) is 11.1. The normalized spacial score (nSPS) is 9.87. The summed E-state index contributed by atoms with van der Waals surface area (Å²) >= 11 is 0. The molecule has 7 nitrogen and oxygen atoms in total. The summed E-state index contributed by atoms with van der Waals surface area (Å²) in [5, 5.41) is 0. The molecule has 2 N–H and O–H groups in total. The van der Waals surface area contributed by atoms with Gasteiger partial charge in [-0.3, -0.25) is 4.99 Å². The molecule has 0 aliphatic rings. The number of nitrogens with two attached hydrogens (primary N) is 1. The highest BCUT2D eigenvalue weighted by Gasteiger charge is 2.09. The number of esters is 1. The molecule has 0 aliphatic heterocycles. The molecule has 0 spiro atoms. The van der Waals surface area contributed by atoms with Crippen LogP contribution in [-0.4, -0.2) is 35.9 Å². The lowest BCUT2D eigenvalue weighted by atomic mass is 10.2. The topological polar surface area (TPSA) is 99.7 Å². The Morgan fingerprint density at radius 2 is 2.13 bits per heavy atom. The Morgan fingerprint density at radius 3 is 2.70 bits per heavy atom. The fourth-order valence-electron chi connectivity index (χ4n) is 1.52. The summed E-state index contributed by atoms with van der Waals surface area (Å²) in [6.07, 6.45) is 2.57. The molecule has 2 aromatic rings. The molecule has 7 heteroatoms. The summed E-state index contributed by atoms with van der Waals surface area (Å²) in [6, 6.07) is 8.97. The van der Waals surface area contributed by atoms with E-state index in [0.717, 1.165) is 12.1 Å². The second-order valence-electron chi connectivity index (χ2n) is 4.30. The van der Waals surface area contributed by atoms with Crippen LogP contribution in [0.3, 0.4) is 0 Å². The highest BCUT2D eigenvalue weighted by Crippen LogP contribution is 2.20. The van der Waals surface area contributed by atoms with Crippen molar-refractivity contribution >= 4 is 12.3 Å². The van der Waals surface area contributed by atoms with Crippen molar-refractivity contribution in [2.75, 3.05) is 13.7 Å². The maximum Gasteiger partial charge on any atom is 0.356 e. The minimum Gasteiger partial charge on any atom is -0.464 e. The first-order valence-corrected chi connectivity index (χ1v) is 6.95. The molecule has 122 valence electrons. The molecule has 0 bridgehead atoms. The third kappa shape index (κ3) is 6.56. The van der Waals surface area contributed by atoms with E-state index in [-0.39, 0.29) is 5.69 Å². The standard InChI is InChI=1S/C13H12N2O3.C3H8N2/c1-9-4-3-5-10(6-9)18-12-7-11(13(16)17-2)14-8-15-12;1-2-5-3-4/h3-8H,1-2H3;3H,2H2,1H3,(H2,4,5). The van der Waals surface area contributed by atoms with E-state index >= 15 is 0 Å². The van der Waals surface area contributed by atoms with Gasteiger partial charge >= 0.3 is 5.97 Å². The van der Waals surface area contributed by atoms with E-state index in [2.05, 4.69) is 19.7 Å². The Labute approximate surface area is 135 Å². The summed E-state index contributed by atoms with van der Waals surface area (Å²) < 4.78 is 10.1. The van der Waals surface area contributed by atoms with Crippen LogP contribution in [-0.2, 0) is 4.74 Å². The lowest BCUT2D eigenvalue weighted by Crippen LogP contribution is -2.04. The minimum absolute atomic E-state index is 0.162. The van der Waals surface area contributed by atoms with Crippen molar-refractivity contribution < 1.29 is 14.3 Å². The number of hydrogen-bond acceptors (Lipinski definition) is 6. The number of aryl methyl sites for hydroxylation is 1. The van der Waals surface area contributed by atoms with Crippen molar-refractivity contribution in [3.05, 3.63) is 47.9 Å². The molecular weight excluding hydrogens is 296 g/mol. The lowest BCUT2D eigenvalue weighted by molar-refractivity contribution is 0.0593. The fourth-order valence-corrected chi connectivity index (χ4v) is 1.52. The molecule has 0 unspecified atom stereocenters. The minimum atomic E-state index is -0.522. The van der Waals surface area contributed by atoms with Crippen LogP contribution in [0.4, 0.5) is 0 Å². The molecule has 0 fully saturated rings. The van der Waals surface area contributed by atoms with Crippen molar-refractivity contribution in [1.82, 2.24) is 9.97 Å². The molecule has 23 heavy (non-hydrogen) atoms. The number of methoxy groups -OCH3 is 1. The number of carbonyl (C=O) groups excluding carboxylic acids is 1. The van der Waals surface area contributed by atoms with Crippen LogP contribution in [0.15, 0.2) is 41.7 Å². The lowest BCUT2D eigenvalue weighted by Gasteiger charge is -2.05. The summed E-state index contributed by atoms with van der Waals surface area (Å²) in [4.78, 5) is 22.7. The maximum absolute atomic E-state index is 11.3. The predicted molar refractivity (Wildman–Crippen MR) is 87.8 cm³/mol. The second-order valence-corrected chi connectivity index (χ2v) is 4.30. The van der Waals surface area contributed by atoms with E-state index in [1.54, 1.807) is 0 Å². The average molecular weight is 316 g/mol. The Balaban J connectivity index is 0.000000463. The zero-order valence-corrected chi connectivity index (χ0v) is 13.4.